The Morgan fingerprint density at radius 1 is 1.18 bits per heavy atom. The van der Waals surface area contributed by atoms with E-state index in [1.807, 2.05) is 0 Å². The molecule has 1 saturated heterocycles. The summed E-state index contributed by atoms with van der Waals surface area (Å²) in [6.07, 6.45) is 5.71. The van der Waals surface area contributed by atoms with Crippen molar-refractivity contribution in [2.45, 2.75) is 108 Å². The summed E-state index contributed by atoms with van der Waals surface area (Å²) >= 11 is 0. The summed E-state index contributed by atoms with van der Waals surface area (Å²) in [5, 5.41) is 14.4. The lowest BCUT2D eigenvalue weighted by atomic mass is 9.46. The number of alkyl carbamates (subject to hydrolysis) is 1. The third-order valence-electron chi connectivity index (χ3n) is 9.42. The minimum absolute atomic E-state index is 0.00223. The van der Waals surface area contributed by atoms with Crippen LogP contribution in [0.3, 0.4) is 0 Å². The van der Waals surface area contributed by atoms with Gasteiger partial charge >= 0.3 is 6.09 Å². The van der Waals surface area contributed by atoms with E-state index in [0.29, 0.717) is 24.7 Å². The average Bonchev–Trinajstić information content (AvgIpc) is 3.12. The highest BCUT2D eigenvalue weighted by molar-refractivity contribution is 5.93. The van der Waals surface area contributed by atoms with E-state index in [9.17, 15) is 19.5 Å². The molecule has 0 aromatic rings. The molecule has 4 N–H and O–H groups in total. The number of hydrogen-bond acceptors (Lipinski definition) is 5. The fraction of sp³-hybridized carbons (Fsp3) is 0.880. The number of ether oxygens (including phenoxy) is 1. The van der Waals surface area contributed by atoms with Gasteiger partial charge < -0.3 is 25.8 Å². The molecule has 4 aliphatic carbocycles. The Hall–Kier alpha value is -1.83. The summed E-state index contributed by atoms with van der Waals surface area (Å²) in [5.74, 6) is 0.502. The molecule has 0 radical (unpaired) electrons. The predicted molar refractivity (Wildman–Crippen MR) is 121 cm³/mol. The van der Waals surface area contributed by atoms with Crippen LogP contribution in [0.15, 0.2) is 0 Å². The average molecular weight is 462 g/mol. The molecule has 4 saturated carbocycles. The van der Waals surface area contributed by atoms with E-state index < -0.39 is 40.7 Å². The lowest BCUT2D eigenvalue weighted by Crippen LogP contribution is -2.68. The fourth-order valence-corrected chi connectivity index (χ4v) is 8.16. The molecule has 9 unspecified atom stereocenters. The van der Waals surface area contributed by atoms with Gasteiger partial charge in [0.1, 0.15) is 17.7 Å². The Bertz CT molecular complexity index is 871. The predicted octanol–water partition coefficient (Wildman–Crippen LogP) is 2.32. The van der Waals surface area contributed by atoms with Gasteiger partial charge in [0.25, 0.3) is 0 Å². The maximum atomic E-state index is 14.3. The van der Waals surface area contributed by atoms with Crippen LogP contribution in [0.25, 0.3) is 0 Å². The SMILES string of the molecule is CC1C2CC(C(N)=O)N(C(=O)C(NC(=O)OC(C)(C)C)C34CC5CCC3CCC(O)(C5)C4)C12. The minimum Gasteiger partial charge on any atom is -0.444 e. The number of piperidine rings is 1. The largest absolute Gasteiger partial charge is 0.444 e. The van der Waals surface area contributed by atoms with Crippen LogP contribution in [0.4, 0.5) is 4.79 Å². The van der Waals surface area contributed by atoms with E-state index in [2.05, 4.69) is 12.2 Å². The number of rotatable bonds is 4. The standard InChI is InChI=1S/C25H39N3O5/c1-13-16-9-17(20(26)29)28(18(13)16)21(30)19(27-22(31)33-23(2,3)4)25-11-14-5-6-15(25)7-8-24(32,10-14)12-25/h13-19,32H,5-12H2,1-4H3,(H2,26,29)(H,27,31). The van der Waals surface area contributed by atoms with Gasteiger partial charge in [-0.05, 0) is 89.4 Å². The molecule has 9 atom stereocenters. The van der Waals surface area contributed by atoms with Crippen molar-refractivity contribution in [3.05, 3.63) is 0 Å². The second kappa shape index (κ2) is 7.33. The Labute approximate surface area is 196 Å². The van der Waals surface area contributed by atoms with Gasteiger partial charge in [-0.25, -0.2) is 4.79 Å². The maximum absolute atomic E-state index is 14.3. The number of nitrogens with two attached hydrogens (primary N) is 1. The smallest absolute Gasteiger partial charge is 0.408 e. The summed E-state index contributed by atoms with van der Waals surface area (Å²) in [6, 6.07) is -1.47. The molecular weight excluding hydrogens is 422 g/mol. The summed E-state index contributed by atoms with van der Waals surface area (Å²) in [6.45, 7) is 7.49. The first-order valence-corrected chi connectivity index (χ1v) is 12.7. The molecule has 0 spiro atoms. The number of hydrogen-bond donors (Lipinski definition) is 3. The molecular formula is C25H39N3O5. The van der Waals surface area contributed by atoms with E-state index >= 15 is 0 Å². The van der Waals surface area contributed by atoms with Crippen molar-refractivity contribution in [3.8, 4) is 0 Å². The van der Waals surface area contributed by atoms with E-state index in [1.54, 1.807) is 25.7 Å². The number of nitrogens with one attached hydrogen (secondary N) is 1. The van der Waals surface area contributed by atoms with Crippen LogP contribution in [0.5, 0.6) is 0 Å². The van der Waals surface area contributed by atoms with Crippen LogP contribution in [0, 0.1) is 29.1 Å². The minimum atomic E-state index is -0.833. The van der Waals surface area contributed by atoms with Crippen LogP contribution in [0.2, 0.25) is 0 Å². The van der Waals surface area contributed by atoms with Gasteiger partial charge in [-0.15, -0.1) is 0 Å². The third-order valence-corrected chi connectivity index (χ3v) is 9.42. The van der Waals surface area contributed by atoms with Gasteiger partial charge in [0.2, 0.25) is 11.8 Å². The molecule has 3 bridgehead atoms. The molecule has 5 aliphatic rings. The number of carbonyl (C=O) groups is 3. The topological polar surface area (TPSA) is 122 Å². The molecule has 1 aliphatic heterocycles. The first-order valence-electron chi connectivity index (χ1n) is 12.7. The maximum Gasteiger partial charge on any atom is 0.408 e. The molecule has 33 heavy (non-hydrogen) atoms. The van der Waals surface area contributed by atoms with E-state index in [0.717, 1.165) is 38.5 Å². The molecule has 5 rings (SSSR count). The molecule has 0 aromatic heterocycles. The molecule has 8 heteroatoms. The number of nitrogens with zero attached hydrogens (tertiary/aromatic N) is 1. The molecule has 1 heterocycles. The van der Waals surface area contributed by atoms with Gasteiger partial charge in [-0.2, -0.15) is 0 Å². The number of amides is 3. The van der Waals surface area contributed by atoms with E-state index in [4.69, 9.17) is 10.5 Å². The number of aliphatic hydroxyl groups is 1. The number of fused-ring (bicyclic) bond motifs is 3. The summed E-state index contributed by atoms with van der Waals surface area (Å²) in [7, 11) is 0. The lowest BCUT2D eigenvalue weighted by Gasteiger charge is -2.62. The quantitative estimate of drug-likeness (QED) is 0.593. The highest BCUT2D eigenvalue weighted by atomic mass is 16.6. The van der Waals surface area contributed by atoms with Crippen molar-refractivity contribution < 1.29 is 24.2 Å². The molecule has 0 aromatic carbocycles. The van der Waals surface area contributed by atoms with Crippen LogP contribution in [-0.4, -0.2) is 57.2 Å². The van der Waals surface area contributed by atoms with Gasteiger partial charge in [0, 0.05) is 11.5 Å². The number of primary amides is 1. The van der Waals surface area contributed by atoms with Crippen molar-refractivity contribution in [3.63, 3.8) is 0 Å². The van der Waals surface area contributed by atoms with Crippen LogP contribution < -0.4 is 11.1 Å². The zero-order valence-electron chi connectivity index (χ0n) is 20.3. The molecule has 184 valence electrons. The number of carbonyl (C=O) groups excluding carboxylic acids is 3. The molecule has 3 amide bonds. The van der Waals surface area contributed by atoms with Gasteiger partial charge in [0.15, 0.2) is 0 Å². The highest BCUT2D eigenvalue weighted by Crippen LogP contribution is 2.63. The zero-order chi connectivity index (χ0) is 23.9. The molecule has 8 nitrogen and oxygen atoms in total. The lowest BCUT2D eigenvalue weighted by molar-refractivity contribution is -0.178. The third kappa shape index (κ3) is 3.72. The first kappa shape index (κ1) is 22.9. The number of likely N-dealkylation sites (tertiary alicyclic amines) is 1. The van der Waals surface area contributed by atoms with Crippen molar-refractivity contribution in [2.24, 2.45) is 34.8 Å². The second-order valence-electron chi connectivity index (χ2n) is 12.7. The highest BCUT2D eigenvalue weighted by Gasteiger charge is 2.66. The van der Waals surface area contributed by atoms with Crippen molar-refractivity contribution in [1.29, 1.82) is 0 Å². The Kier molecular flexibility index (Phi) is 5.10. The Morgan fingerprint density at radius 2 is 1.91 bits per heavy atom. The van der Waals surface area contributed by atoms with Crippen molar-refractivity contribution in [1.82, 2.24) is 10.2 Å². The summed E-state index contributed by atoms with van der Waals surface area (Å²) < 4.78 is 5.57. The van der Waals surface area contributed by atoms with Crippen LogP contribution in [0.1, 0.15) is 79.1 Å². The Balaban J connectivity index is 1.52. The zero-order valence-corrected chi connectivity index (χ0v) is 20.3. The first-order chi connectivity index (χ1) is 15.3. The monoisotopic (exact) mass is 461 g/mol. The fourth-order valence-electron chi connectivity index (χ4n) is 8.16. The van der Waals surface area contributed by atoms with Crippen LogP contribution >= 0.6 is 0 Å². The van der Waals surface area contributed by atoms with E-state index in [1.165, 1.54) is 0 Å². The normalized spacial score (nSPS) is 44.1. The van der Waals surface area contributed by atoms with Crippen LogP contribution in [-0.2, 0) is 14.3 Å². The van der Waals surface area contributed by atoms with E-state index in [-0.39, 0.29) is 23.8 Å². The Morgan fingerprint density at radius 3 is 2.58 bits per heavy atom. The molecule has 5 fully saturated rings. The summed E-state index contributed by atoms with van der Waals surface area (Å²) in [4.78, 5) is 41.2. The van der Waals surface area contributed by atoms with Crippen molar-refractivity contribution >= 4 is 17.9 Å². The summed E-state index contributed by atoms with van der Waals surface area (Å²) in [5.41, 5.74) is 3.69. The van der Waals surface area contributed by atoms with Gasteiger partial charge in [-0.3, -0.25) is 9.59 Å². The van der Waals surface area contributed by atoms with Gasteiger partial charge in [0.05, 0.1) is 5.60 Å². The van der Waals surface area contributed by atoms with Gasteiger partial charge in [-0.1, -0.05) is 13.3 Å². The second-order valence-corrected chi connectivity index (χ2v) is 12.7. The van der Waals surface area contributed by atoms with Crippen molar-refractivity contribution in [2.75, 3.05) is 0 Å².